The van der Waals surface area contributed by atoms with Gasteiger partial charge in [0.25, 0.3) is 5.91 Å². The van der Waals surface area contributed by atoms with Crippen molar-refractivity contribution in [3.63, 3.8) is 0 Å². The third-order valence-electron chi connectivity index (χ3n) is 3.81. The minimum Gasteiger partial charge on any atom is -0.496 e. The molecule has 1 amide bonds. The van der Waals surface area contributed by atoms with E-state index in [1.54, 1.807) is 6.07 Å². The summed E-state index contributed by atoms with van der Waals surface area (Å²) >= 11 is 5.98. The lowest BCUT2D eigenvalue weighted by Gasteiger charge is -2.14. The lowest BCUT2D eigenvalue weighted by Crippen LogP contribution is -2.26. The van der Waals surface area contributed by atoms with E-state index in [1.807, 2.05) is 37.3 Å². The molecule has 26 heavy (non-hydrogen) atoms. The monoisotopic (exact) mass is 398 g/mol. The summed E-state index contributed by atoms with van der Waals surface area (Å²) in [5, 5.41) is 3.16. The minimum absolute atomic E-state index is 0. The first-order valence-electron chi connectivity index (χ1n) is 8.10. The van der Waals surface area contributed by atoms with Crippen molar-refractivity contribution < 1.29 is 14.3 Å². The van der Waals surface area contributed by atoms with Crippen LogP contribution in [-0.2, 0) is 4.74 Å². The molecular formula is C19H24Cl2N2O3. The fourth-order valence-electron chi connectivity index (χ4n) is 2.37. The molecule has 0 heterocycles. The number of nitrogen functional groups attached to an aromatic ring is 1. The van der Waals surface area contributed by atoms with Gasteiger partial charge in [-0.2, -0.15) is 0 Å². The van der Waals surface area contributed by atoms with Crippen LogP contribution in [0.1, 0.15) is 35.4 Å². The highest BCUT2D eigenvalue weighted by Gasteiger charge is 2.14. The lowest BCUT2D eigenvalue weighted by atomic mass is 10.1. The van der Waals surface area contributed by atoms with Crippen molar-refractivity contribution in [2.24, 2.45) is 0 Å². The maximum Gasteiger partial charge on any atom is 0.255 e. The van der Waals surface area contributed by atoms with Gasteiger partial charge >= 0.3 is 0 Å². The van der Waals surface area contributed by atoms with Crippen molar-refractivity contribution in [3.8, 4) is 5.75 Å². The lowest BCUT2D eigenvalue weighted by molar-refractivity contribution is 0.0635. The van der Waals surface area contributed by atoms with Crippen LogP contribution in [0.2, 0.25) is 5.02 Å². The van der Waals surface area contributed by atoms with Gasteiger partial charge in [0, 0.05) is 19.2 Å². The third-order valence-corrected chi connectivity index (χ3v) is 4.13. The molecule has 142 valence electrons. The first kappa shape index (κ1) is 22.1. The molecule has 0 saturated carbocycles. The van der Waals surface area contributed by atoms with Gasteiger partial charge in [-0.3, -0.25) is 4.79 Å². The number of nitrogens with one attached hydrogen (secondary N) is 1. The Hall–Kier alpha value is -1.95. The van der Waals surface area contributed by atoms with Gasteiger partial charge in [0.2, 0.25) is 0 Å². The Labute approximate surface area is 165 Å². The summed E-state index contributed by atoms with van der Waals surface area (Å²) in [5.41, 5.74) is 7.59. The molecule has 0 aliphatic heterocycles. The Morgan fingerprint density at radius 3 is 2.62 bits per heavy atom. The van der Waals surface area contributed by atoms with Crippen LogP contribution < -0.4 is 15.8 Å². The van der Waals surface area contributed by atoms with E-state index in [9.17, 15) is 4.79 Å². The van der Waals surface area contributed by atoms with Crippen LogP contribution in [0.3, 0.4) is 0 Å². The number of hydrogen-bond acceptors (Lipinski definition) is 4. The number of carbonyl (C=O) groups excluding carboxylic acids is 1. The van der Waals surface area contributed by atoms with E-state index in [4.69, 9.17) is 26.8 Å². The van der Waals surface area contributed by atoms with E-state index in [0.29, 0.717) is 41.6 Å². The van der Waals surface area contributed by atoms with Gasteiger partial charge in [0.1, 0.15) is 5.75 Å². The molecule has 0 spiro atoms. The second-order valence-corrected chi connectivity index (χ2v) is 6.01. The van der Waals surface area contributed by atoms with Crippen LogP contribution in [-0.4, -0.2) is 26.2 Å². The van der Waals surface area contributed by atoms with Crippen molar-refractivity contribution in [3.05, 3.63) is 58.6 Å². The van der Waals surface area contributed by atoms with E-state index in [1.165, 1.54) is 13.2 Å². The van der Waals surface area contributed by atoms with E-state index >= 15 is 0 Å². The third kappa shape index (κ3) is 6.09. The number of carbonyl (C=O) groups is 1. The summed E-state index contributed by atoms with van der Waals surface area (Å²) in [6.45, 7) is 3.05. The maximum absolute atomic E-state index is 12.3. The number of ether oxygens (including phenoxy) is 2. The van der Waals surface area contributed by atoms with Gasteiger partial charge in [-0.1, -0.05) is 41.9 Å². The van der Waals surface area contributed by atoms with Gasteiger partial charge in [-0.25, -0.2) is 0 Å². The normalized spacial score (nSPS) is 11.3. The molecule has 0 fully saturated rings. The minimum atomic E-state index is -0.255. The fraction of sp³-hybridized carbons (Fsp3) is 0.316. The Morgan fingerprint density at radius 2 is 1.96 bits per heavy atom. The van der Waals surface area contributed by atoms with Crippen LogP contribution in [0.4, 0.5) is 5.69 Å². The van der Waals surface area contributed by atoms with Gasteiger partial charge in [-0.05, 0) is 25.0 Å². The predicted octanol–water partition coefficient (Wildman–Crippen LogP) is 4.25. The summed E-state index contributed by atoms with van der Waals surface area (Å²) in [5.74, 6) is 0.142. The molecule has 0 aromatic heterocycles. The number of anilines is 1. The highest BCUT2D eigenvalue weighted by molar-refractivity contribution is 6.33. The zero-order valence-corrected chi connectivity index (χ0v) is 16.4. The molecule has 2 rings (SSSR count). The molecule has 2 aromatic carbocycles. The molecule has 0 aliphatic rings. The number of methoxy groups -OCH3 is 1. The SMILES string of the molecule is COc1cc(N)c(Cl)cc1C(=O)NCCCOC(C)c1ccccc1.Cl. The van der Waals surface area contributed by atoms with Gasteiger partial charge in [0.05, 0.1) is 29.5 Å². The Morgan fingerprint density at radius 1 is 1.27 bits per heavy atom. The van der Waals surface area contributed by atoms with Gasteiger partial charge in [-0.15, -0.1) is 12.4 Å². The van der Waals surface area contributed by atoms with Crippen molar-refractivity contribution in [2.45, 2.75) is 19.4 Å². The Bertz CT molecular complexity index is 711. The van der Waals surface area contributed by atoms with Crippen molar-refractivity contribution >= 4 is 35.6 Å². The van der Waals surface area contributed by atoms with E-state index in [-0.39, 0.29) is 24.4 Å². The molecule has 1 atom stereocenters. The molecule has 7 heteroatoms. The van der Waals surface area contributed by atoms with Gasteiger partial charge in [0.15, 0.2) is 0 Å². The molecule has 0 aliphatic carbocycles. The molecule has 2 aromatic rings. The second kappa shape index (κ2) is 10.9. The first-order valence-corrected chi connectivity index (χ1v) is 8.48. The highest BCUT2D eigenvalue weighted by atomic mass is 35.5. The average Bonchev–Trinajstić information content (AvgIpc) is 2.63. The standard InChI is InChI=1S/C19H23ClN2O3.ClH/c1-13(14-7-4-3-5-8-14)25-10-6-9-22-19(23)15-11-16(20)17(21)12-18(15)24-2;/h3-5,7-8,11-13H,6,9-10,21H2,1-2H3,(H,22,23);1H. The van der Waals surface area contributed by atoms with Crippen molar-refractivity contribution in [2.75, 3.05) is 26.0 Å². The smallest absolute Gasteiger partial charge is 0.255 e. The molecule has 1 unspecified atom stereocenters. The maximum atomic E-state index is 12.3. The molecule has 0 saturated heterocycles. The average molecular weight is 399 g/mol. The number of hydrogen-bond donors (Lipinski definition) is 2. The van der Waals surface area contributed by atoms with Crippen LogP contribution in [0.25, 0.3) is 0 Å². The van der Waals surface area contributed by atoms with Crippen LogP contribution in [0.5, 0.6) is 5.75 Å². The quantitative estimate of drug-likeness (QED) is 0.514. The molecule has 0 bridgehead atoms. The number of amides is 1. The summed E-state index contributed by atoms with van der Waals surface area (Å²) in [7, 11) is 1.48. The molecule has 0 radical (unpaired) electrons. The predicted molar refractivity (Wildman–Crippen MR) is 107 cm³/mol. The molecular weight excluding hydrogens is 375 g/mol. The van der Waals surface area contributed by atoms with Crippen LogP contribution in [0.15, 0.2) is 42.5 Å². The summed E-state index contributed by atoms with van der Waals surface area (Å²) in [6.07, 6.45) is 0.724. The number of nitrogens with two attached hydrogens (primary N) is 1. The number of benzene rings is 2. The summed E-state index contributed by atoms with van der Waals surface area (Å²) in [6, 6.07) is 13.1. The fourth-order valence-corrected chi connectivity index (χ4v) is 2.53. The largest absolute Gasteiger partial charge is 0.496 e. The number of rotatable bonds is 8. The zero-order valence-electron chi connectivity index (χ0n) is 14.8. The van der Waals surface area contributed by atoms with E-state index < -0.39 is 0 Å². The molecule has 5 nitrogen and oxygen atoms in total. The topological polar surface area (TPSA) is 73.6 Å². The van der Waals surface area contributed by atoms with E-state index in [2.05, 4.69) is 5.32 Å². The number of halogens is 2. The summed E-state index contributed by atoms with van der Waals surface area (Å²) < 4.78 is 11.0. The molecule has 3 N–H and O–H groups in total. The highest BCUT2D eigenvalue weighted by Crippen LogP contribution is 2.28. The summed E-state index contributed by atoms with van der Waals surface area (Å²) in [4.78, 5) is 12.3. The van der Waals surface area contributed by atoms with Crippen molar-refractivity contribution in [1.82, 2.24) is 5.32 Å². The zero-order chi connectivity index (χ0) is 18.2. The second-order valence-electron chi connectivity index (χ2n) is 5.61. The van der Waals surface area contributed by atoms with E-state index in [0.717, 1.165) is 5.56 Å². The van der Waals surface area contributed by atoms with Crippen LogP contribution in [0, 0.1) is 0 Å². The van der Waals surface area contributed by atoms with Crippen molar-refractivity contribution in [1.29, 1.82) is 0 Å². The first-order chi connectivity index (χ1) is 12.0. The van der Waals surface area contributed by atoms with Crippen LogP contribution >= 0.6 is 24.0 Å². The Balaban J connectivity index is 0.00000338. The van der Waals surface area contributed by atoms with Gasteiger partial charge < -0.3 is 20.5 Å². The Kier molecular flexibility index (Phi) is 9.27.